The summed E-state index contributed by atoms with van der Waals surface area (Å²) in [6.07, 6.45) is 0.891. The SMILES string of the molecule is Cc1cccc(OCCCC(=O)Nc2cccc(CS(N)(=O)=O)c2)c1. The van der Waals surface area contributed by atoms with E-state index in [0.717, 1.165) is 11.3 Å². The van der Waals surface area contributed by atoms with E-state index < -0.39 is 10.0 Å². The van der Waals surface area contributed by atoms with E-state index in [4.69, 9.17) is 9.88 Å². The Bertz CT molecular complexity index is 834. The Morgan fingerprint density at radius 2 is 1.92 bits per heavy atom. The molecule has 0 saturated carbocycles. The average molecular weight is 362 g/mol. The molecule has 0 aliphatic heterocycles. The zero-order valence-electron chi connectivity index (χ0n) is 14.1. The van der Waals surface area contributed by atoms with Gasteiger partial charge in [0.05, 0.1) is 12.4 Å². The van der Waals surface area contributed by atoms with E-state index in [1.807, 2.05) is 31.2 Å². The summed E-state index contributed by atoms with van der Waals surface area (Å²) < 4.78 is 27.8. The van der Waals surface area contributed by atoms with Crippen molar-refractivity contribution in [1.29, 1.82) is 0 Å². The fourth-order valence-corrected chi connectivity index (χ4v) is 2.97. The standard InChI is InChI=1S/C18H22N2O4S/c1-14-5-2-8-17(11-14)24-10-4-9-18(21)20-16-7-3-6-15(12-16)13-25(19,22)23/h2-3,5-8,11-12H,4,9-10,13H2,1H3,(H,20,21)(H2,19,22,23). The van der Waals surface area contributed by atoms with Gasteiger partial charge in [-0.05, 0) is 48.7 Å². The van der Waals surface area contributed by atoms with Gasteiger partial charge in [-0.25, -0.2) is 13.6 Å². The van der Waals surface area contributed by atoms with Gasteiger partial charge < -0.3 is 10.1 Å². The van der Waals surface area contributed by atoms with E-state index in [1.54, 1.807) is 24.3 Å². The van der Waals surface area contributed by atoms with Gasteiger partial charge in [0.2, 0.25) is 15.9 Å². The number of sulfonamides is 1. The second kappa shape index (κ2) is 8.64. The van der Waals surface area contributed by atoms with Crippen molar-refractivity contribution in [2.24, 2.45) is 5.14 Å². The minimum atomic E-state index is -3.60. The molecule has 2 rings (SSSR count). The fraction of sp³-hybridized carbons (Fsp3) is 0.278. The van der Waals surface area contributed by atoms with Gasteiger partial charge >= 0.3 is 0 Å². The summed E-state index contributed by atoms with van der Waals surface area (Å²) in [5, 5.41) is 7.77. The smallest absolute Gasteiger partial charge is 0.224 e. The first-order valence-electron chi connectivity index (χ1n) is 7.90. The average Bonchev–Trinajstić information content (AvgIpc) is 2.50. The second-order valence-electron chi connectivity index (χ2n) is 5.82. The van der Waals surface area contributed by atoms with E-state index in [-0.39, 0.29) is 11.7 Å². The number of nitrogens with one attached hydrogen (secondary N) is 1. The minimum Gasteiger partial charge on any atom is -0.494 e. The molecule has 0 unspecified atom stereocenters. The van der Waals surface area contributed by atoms with Crippen molar-refractivity contribution < 1.29 is 17.9 Å². The van der Waals surface area contributed by atoms with Gasteiger partial charge in [0.1, 0.15) is 5.75 Å². The van der Waals surface area contributed by atoms with Crippen molar-refractivity contribution in [3.8, 4) is 5.75 Å². The lowest BCUT2D eigenvalue weighted by Crippen LogP contribution is -2.15. The van der Waals surface area contributed by atoms with Gasteiger partial charge in [-0.3, -0.25) is 4.79 Å². The number of amides is 1. The normalized spacial score (nSPS) is 11.1. The number of ether oxygens (including phenoxy) is 1. The van der Waals surface area contributed by atoms with E-state index >= 15 is 0 Å². The molecule has 7 heteroatoms. The van der Waals surface area contributed by atoms with Crippen molar-refractivity contribution in [3.05, 3.63) is 59.7 Å². The number of rotatable bonds is 8. The summed E-state index contributed by atoms with van der Waals surface area (Å²) in [5.41, 5.74) is 2.20. The molecule has 3 N–H and O–H groups in total. The van der Waals surface area contributed by atoms with E-state index in [0.29, 0.717) is 30.7 Å². The van der Waals surface area contributed by atoms with Crippen LogP contribution in [0.4, 0.5) is 5.69 Å². The zero-order valence-corrected chi connectivity index (χ0v) is 14.9. The molecule has 0 radical (unpaired) electrons. The number of primary sulfonamides is 1. The molecular weight excluding hydrogens is 340 g/mol. The number of anilines is 1. The van der Waals surface area contributed by atoms with Crippen LogP contribution in [0, 0.1) is 6.92 Å². The van der Waals surface area contributed by atoms with Crippen LogP contribution >= 0.6 is 0 Å². The third-order valence-electron chi connectivity index (χ3n) is 3.39. The Labute approximate surface area is 148 Å². The molecule has 2 aromatic carbocycles. The summed E-state index contributed by atoms with van der Waals surface area (Å²) in [6, 6.07) is 14.4. The maximum absolute atomic E-state index is 12.0. The minimum absolute atomic E-state index is 0.152. The Morgan fingerprint density at radius 1 is 1.16 bits per heavy atom. The molecule has 1 amide bonds. The third-order valence-corrected chi connectivity index (χ3v) is 4.12. The van der Waals surface area contributed by atoms with Crippen molar-refractivity contribution in [3.63, 3.8) is 0 Å². The summed E-state index contributed by atoms with van der Waals surface area (Å²) >= 11 is 0. The third kappa shape index (κ3) is 7.36. The summed E-state index contributed by atoms with van der Waals surface area (Å²) in [4.78, 5) is 12.0. The Morgan fingerprint density at radius 3 is 2.64 bits per heavy atom. The molecule has 134 valence electrons. The number of nitrogens with two attached hydrogens (primary N) is 1. The second-order valence-corrected chi connectivity index (χ2v) is 7.44. The number of hydrogen-bond acceptors (Lipinski definition) is 4. The van der Waals surface area contributed by atoms with Crippen LogP contribution in [0.5, 0.6) is 5.75 Å². The van der Waals surface area contributed by atoms with Gasteiger partial charge in [0.15, 0.2) is 0 Å². The number of benzene rings is 2. The molecule has 25 heavy (non-hydrogen) atoms. The highest BCUT2D eigenvalue weighted by Crippen LogP contribution is 2.14. The highest BCUT2D eigenvalue weighted by Gasteiger charge is 2.07. The van der Waals surface area contributed by atoms with Crippen molar-refractivity contribution in [2.75, 3.05) is 11.9 Å². The predicted molar refractivity (Wildman–Crippen MR) is 97.8 cm³/mol. The molecule has 6 nitrogen and oxygen atoms in total. The van der Waals surface area contributed by atoms with E-state index in [9.17, 15) is 13.2 Å². The molecule has 0 aliphatic rings. The van der Waals surface area contributed by atoms with Crippen molar-refractivity contribution >= 4 is 21.6 Å². The molecule has 2 aromatic rings. The van der Waals surface area contributed by atoms with E-state index in [1.165, 1.54) is 0 Å². The maximum Gasteiger partial charge on any atom is 0.224 e. The molecular formula is C18H22N2O4S. The first kappa shape index (κ1) is 19.0. The van der Waals surface area contributed by atoms with Crippen LogP contribution in [-0.2, 0) is 20.6 Å². The van der Waals surface area contributed by atoms with Crippen LogP contribution in [0.3, 0.4) is 0 Å². The van der Waals surface area contributed by atoms with E-state index in [2.05, 4.69) is 5.32 Å². The number of aryl methyl sites for hydroxylation is 1. The zero-order chi connectivity index (χ0) is 18.3. The monoisotopic (exact) mass is 362 g/mol. The van der Waals surface area contributed by atoms with Crippen LogP contribution in [-0.4, -0.2) is 20.9 Å². The lowest BCUT2D eigenvalue weighted by molar-refractivity contribution is -0.116. The van der Waals surface area contributed by atoms with Crippen LogP contribution in [0.1, 0.15) is 24.0 Å². The molecule has 0 bridgehead atoms. The quantitative estimate of drug-likeness (QED) is 0.705. The summed E-state index contributed by atoms with van der Waals surface area (Å²) in [7, 11) is -3.60. The van der Waals surface area contributed by atoms with Gasteiger partial charge in [0.25, 0.3) is 0 Å². The maximum atomic E-state index is 12.0. The summed E-state index contributed by atoms with van der Waals surface area (Å²) in [5.74, 6) is 0.373. The number of hydrogen-bond donors (Lipinski definition) is 2. The largest absolute Gasteiger partial charge is 0.494 e. The van der Waals surface area contributed by atoms with Crippen molar-refractivity contribution in [1.82, 2.24) is 0 Å². The number of carbonyl (C=O) groups excluding carboxylic acids is 1. The first-order valence-corrected chi connectivity index (χ1v) is 9.62. The highest BCUT2D eigenvalue weighted by molar-refractivity contribution is 7.88. The van der Waals surface area contributed by atoms with Crippen LogP contribution < -0.4 is 15.2 Å². The number of carbonyl (C=O) groups is 1. The van der Waals surface area contributed by atoms with Crippen LogP contribution in [0.25, 0.3) is 0 Å². The molecule has 0 aromatic heterocycles. The first-order chi connectivity index (χ1) is 11.8. The molecule has 0 saturated heterocycles. The molecule has 0 heterocycles. The van der Waals surface area contributed by atoms with Gasteiger partial charge in [0, 0.05) is 12.1 Å². The topological polar surface area (TPSA) is 98.5 Å². The lowest BCUT2D eigenvalue weighted by atomic mass is 10.2. The molecule has 0 aliphatic carbocycles. The lowest BCUT2D eigenvalue weighted by Gasteiger charge is -2.08. The fourth-order valence-electron chi connectivity index (χ4n) is 2.32. The Balaban J connectivity index is 1.77. The van der Waals surface area contributed by atoms with Crippen LogP contribution in [0.2, 0.25) is 0 Å². The molecule has 0 spiro atoms. The predicted octanol–water partition coefficient (Wildman–Crippen LogP) is 2.58. The van der Waals surface area contributed by atoms with Crippen LogP contribution in [0.15, 0.2) is 48.5 Å². The van der Waals surface area contributed by atoms with Gasteiger partial charge in [-0.15, -0.1) is 0 Å². The van der Waals surface area contributed by atoms with Gasteiger partial charge in [-0.1, -0.05) is 24.3 Å². The molecule has 0 atom stereocenters. The Hall–Kier alpha value is -2.38. The highest BCUT2D eigenvalue weighted by atomic mass is 32.2. The Kier molecular flexibility index (Phi) is 6.55. The van der Waals surface area contributed by atoms with Gasteiger partial charge in [-0.2, -0.15) is 0 Å². The molecule has 0 fully saturated rings. The summed E-state index contributed by atoms with van der Waals surface area (Å²) in [6.45, 7) is 2.44. The van der Waals surface area contributed by atoms with Crippen molar-refractivity contribution in [2.45, 2.75) is 25.5 Å².